The van der Waals surface area contributed by atoms with Gasteiger partial charge in [-0.15, -0.1) is 0 Å². The molecule has 0 radical (unpaired) electrons. The summed E-state index contributed by atoms with van der Waals surface area (Å²) in [6, 6.07) is 11.5. The highest BCUT2D eigenvalue weighted by atomic mass is 19.1. The van der Waals surface area contributed by atoms with Gasteiger partial charge < -0.3 is 9.80 Å². The summed E-state index contributed by atoms with van der Waals surface area (Å²) in [4.78, 5) is 31.2. The first-order chi connectivity index (χ1) is 16.9. The predicted octanol–water partition coefficient (Wildman–Crippen LogP) is 4.12. The van der Waals surface area contributed by atoms with E-state index < -0.39 is 0 Å². The van der Waals surface area contributed by atoms with Gasteiger partial charge >= 0.3 is 0 Å². The molecule has 5 rings (SSSR count). The summed E-state index contributed by atoms with van der Waals surface area (Å²) in [7, 11) is 5.58. The third-order valence-electron chi connectivity index (χ3n) is 6.14. The Morgan fingerprint density at radius 1 is 1.09 bits per heavy atom. The summed E-state index contributed by atoms with van der Waals surface area (Å²) in [5, 5.41) is 4.20. The molecule has 0 N–H and O–H groups in total. The largest absolute Gasteiger partial charge is 0.347 e. The highest BCUT2D eigenvalue weighted by Crippen LogP contribution is 2.38. The van der Waals surface area contributed by atoms with Crippen LogP contribution in [0.15, 0.2) is 61.1 Å². The van der Waals surface area contributed by atoms with E-state index >= 15 is 0 Å². The first-order valence-electron chi connectivity index (χ1n) is 11.5. The third kappa shape index (κ3) is 4.49. The van der Waals surface area contributed by atoms with E-state index in [0.29, 0.717) is 35.1 Å². The molecule has 178 valence electrons. The lowest BCUT2D eigenvalue weighted by molar-refractivity contribution is 0.0727. The normalized spacial score (nSPS) is 15.4. The second-order valence-electron chi connectivity index (χ2n) is 8.84. The maximum Gasteiger partial charge on any atom is 0.273 e. The van der Waals surface area contributed by atoms with Gasteiger partial charge in [-0.25, -0.2) is 19.3 Å². The summed E-state index contributed by atoms with van der Waals surface area (Å²) in [6.45, 7) is 0.589. The van der Waals surface area contributed by atoms with Crippen molar-refractivity contribution in [3.05, 3.63) is 78.3 Å². The van der Waals surface area contributed by atoms with Crippen molar-refractivity contribution in [2.75, 3.05) is 25.5 Å². The molecule has 35 heavy (non-hydrogen) atoms. The number of benzene rings is 1. The standard InChI is InChI=1S/C26H26FN7O/c1-32(2)26-28-15-20(17-7-4-8-19(27)13-17)24(31-26)23-11-6-12-34(23)25(35)22-10-5-9-21(30-22)18-14-29-33(3)16-18/h4-5,7-10,13-16,23H,6,11-12H2,1-3H3. The van der Waals surface area contributed by atoms with Gasteiger partial charge in [0.1, 0.15) is 11.5 Å². The number of anilines is 1. The average molecular weight is 472 g/mol. The van der Waals surface area contributed by atoms with Crippen LogP contribution in [0.25, 0.3) is 22.4 Å². The van der Waals surface area contributed by atoms with Crippen LogP contribution < -0.4 is 4.90 Å². The maximum absolute atomic E-state index is 14.0. The van der Waals surface area contributed by atoms with Crippen molar-refractivity contribution in [3.8, 4) is 22.4 Å². The number of likely N-dealkylation sites (tertiary alicyclic amines) is 1. The Hall–Kier alpha value is -4.14. The number of carbonyl (C=O) groups is 1. The first kappa shape index (κ1) is 22.6. The number of amides is 1. The number of nitrogens with zero attached hydrogens (tertiary/aromatic N) is 7. The van der Waals surface area contributed by atoms with E-state index in [4.69, 9.17) is 4.98 Å². The van der Waals surface area contributed by atoms with E-state index in [0.717, 1.165) is 24.0 Å². The Bertz CT molecular complexity index is 1380. The van der Waals surface area contributed by atoms with E-state index in [1.165, 1.54) is 12.1 Å². The van der Waals surface area contributed by atoms with E-state index in [1.807, 2.05) is 55.3 Å². The molecule has 3 aromatic heterocycles. The zero-order valence-electron chi connectivity index (χ0n) is 19.9. The fraction of sp³-hybridized carbons (Fsp3) is 0.269. The van der Waals surface area contributed by atoms with Crippen LogP contribution in [0.5, 0.6) is 0 Å². The van der Waals surface area contributed by atoms with Gasteiger partial charge in [-0.05, 0) is 42.7 Å². The van der Waals surface area contributed by atoms with E-state index in [-0.39, 0.29) is 17.8 Å². The van der Waals surface area contributed by atoms with Crippen LogP contribution in [0.1, 0.15) is 35.1 Å². The maximum atomic E-state index is 14.0. The van der Waals surface area contributed by atoms with Crippen molar-refractivity contribution in [1.29, 1.82) is 0 Å². The highest BCUT2D eigenvalue weighted by Gasteiger charge is 2.34. The highest BCUT2D eigenvalue weighted by molar-refractivity contribution is 5.93. The summed E-state index contributed by atoms with van der Waals surface area (Å²) < 4.78 is 15.7. The number of aromatic nitrogens is 5. The average Bonchev–Trinajstić information content (AvgIpc) is 3.52. The molecule has 1 saturated heterocycles. The second kappa shape index (κ2) is 9.25. The molecule has 4 heterocycles. The van der Waals surface area contributed by atoms with E-state index in [1.54, 1.807) is 29.2 Å². The van der Waals surface area contributed by atoms with Gasteiger partial charge in [-0.2, -0.15) is 5.10 Å². The Kier molecular flexibility index (Phi) is 5.98. The van der Waals surface area contributed by atoms with Gasteiger partial charge in [-0.1, -0.05) is 18.2 Å². The minimum absolute atomic E-state index is 0.159. The molecule has 1 amide bonds. The summed E-state index contributed by atoms with van der Waals surface area (Å²) >= 11 is 0. The molecule has 0 spiro atoms. The van der Waals surface area contributed by atoms with Crippen molar-refractivity contribution in [1.82, 2.24) is 29.6 Å². The van der Waals surface area contributed by atoms with E-state index in [9.17, 15) is 9.18 Å². The zero-order chi connectivity index (χ0) is 24.5. The number of hydrogen-bond acceptors (Lipinski definition) is 6. The molecule has 1 aromatic carbocycles. The van der Waals surface area contributed by atoms with Gasteiger partial charge in [0.25, 0.3) is 5.91 Å². The molecule has 0 aliphatic carbocycles. The lowest BCUT2D eigenvalue weighted by Crippen LogP contribution is -2.32. The molecular weight excluding hydrogens is 445 g/mol. The number of pyridine rings is 1. The number of halogens is 1. The number of aryl methyl sites for hydroxylation is 1. The van der Waals surface area contributed by atoms with Crippen molar-refractivity contribution in [3.63, 3.8) is 0 Å². The summed E-state index contributed by atoms with van der Waals surface area (Å²) in [5.41, 5.74) is 4.02. The lowest BCUT2D eigenvalue weighted by atomic mass is 9.99. The fourth-order valence-electron chi connectivity index (χ4n) is 4.44. The Morgan fingerprint density at radius 2 is 1.91 bits per heavy atom. The molecule has 0 saturated carbocycles. The third-order valence-corrected chi connectivity index (χ3v) is 6.14. The molecule has 1 fully saturated rings. The van der Waals surface area contributed by atoms with Crippen molar-refractivity contribution in [2.45, 2.75) is 18.9 Å². The van der Waals surface area contributed by atoms with Gasteiger partial charge in [-0.3, -0.25) is 9.48 Å². The van der Waals surface area contributed by atoms with Gasteiger partial charge in [0.05, 0.1) is 23.6 Å². The minimum Gasteiger partial charge on any atom is -0.347 e. The lowest BCUT2D eigenvalue weighted by Gasteiger charge is -2.26. The van der Waals surface area contributed by atoms with Crippen LogP contribution in [0.4, 0.5) is 10.3 Å². The second-order valence-corrected chi connectivity index (χ2v) is 8.84. The topological polar surface area (TPSA) is 80.0 Å². The van der Waals surface area contributed by atoms with Crippen LogP contribution in [0.3, 0.4) is 0 Å². The predicted molar refractivity (Wildman–Crippen MR) is 131 cm³/mol. The van der Waals surface area contributed by atoms with Gasteiger partial charge in [0.2, 0.25) is 5.95 Å². The molecular formula is C26H26FN7O. The first-order valence-corrected chi connectivity index (χ1v) is 11.5. The van der Waals surface area contributed by atoms with Gasteiger partial charge in [0, 0.05) is 51.2 Å². The summed E-state index contributed by atoms with van der Waals surface area (Å²) in [5.74, 6) is 0.0468. The zero-order valence-corrected chi connectivity index (χ0v) is 19.9. The molecule has 1 unspecified atom stereocenters. The van der Waals surface area contributed by atoms with E-state index in [2.05, 4.69) is 15.1 Å². The number of carbonyl (C=O) groups excluding carboxylic acids is 1. The van der Waals surface area contributed by atoms with Crippen LogP contribution >= 0.6 is 0 Å². The van der Waals surface area contributed by atoms with Crippen molar-refractivity contribution in [2.24, 2.45) is 7.05 Å². The fourth-order valence-corrected chi connectivity index (χ4v) is 4.44. The number of rotatable bonds is 5. The monoisotopic (exact) mass is 471 g/mol. The SMILES string of the molecule is CN(C)c1ncc(-c2cccc(F)c2)c(C2CCCN2C(=O)c2cccc(-c3cnn(C)c3)n2)n1. The Morgan fingerprint density at radius 3 is 2.66 bits per heavy atom. The van der Waals surface area contributed by atoms with Crippen LogP contribution in [-0.2, 0) is 7.05 Å². The quantitative estimate of drug-likeness (QED) is 0.436. The number of hydrogen-bond donors (Lipinski definition) is 0. The van der Waals surface area contributed by atoms with Crippen molar-refractivity contribution < 1.29 is 9.18 Å². The molecule has 1 aliphatic heterocycles. The molecule has 4 aromatic rings. The molecule has 1 atom stereocenters. The van der Waals surface area contributed by atoms with Crippen molar-refractivity contribution >= 4 is 11.9 Å². The smallest absolute Gasteiger partial charge is 0.273 e. The Labute approximate surface area is 203 Å². The van der Waals surface area contributed by atoms with Crippen LogP contribution in [0, 0.1) is 5.82 Å². The molecule has 9 heteroatoms. The Balaban J connectivity index is 1.53. The molecule has 1 aliphatic rings. The minimum atomic E-state index is -0.332. The van der Waals surface area contributed by atoms with Crippen LogP contribution in [-0.4, -0.2) is 56.2 Å². The van der Waals surface area contributed by atoms with Gasteiger partial charge in [0.15, 0.2) is 0 Å². The summed E-state index contributed by atoms with van der Waals surface area (Å²) in [6.07, 6.45) is 6.89. The van der Waals surface area contributed by atoms with Crippen LogP contribution in [0.2, 0.25) is 0 Å². The molecule has 8 nitrogen and oxygen atoms in total. The molecule has 0 bridgehead atoms.